The zero-order chi connectivity index (χ0) is 35.0. The van der Waals surface area contributed by atoms with Crippen molar-refractivity contribution in [3.05, 3.63) is 95.8 Å². The van der Waals surface area contributed by atoms with Gasteiger partial charge in [0.15, 0.2) is 0 Å². The second kappa shape index (κ2) is 15.8. The predicted molar refractivity (Wildman–Crippen MR) is 182 cm³/mol. The van der Waals surface area contributed by atoms with Crippen molar-refractivity contribution in [3.63, 3.8) is 0 Å². The summed E-state index contributed by atoms with van der Waals surface area (Å²) < 4.78 is 6.11. The molecule has 1 spiro atoms. The minimum Gasteiger partial charge on any atom is -0.491 e. The van der Waals surface area contributed by atoms with Crippen LogP contribution in [-0.2, 0) is 32.0 Å². The fourth-order valence-corrected chi connectivity index (χ4v) is 5.75. The first kappa shape index (κ1) is 35.1. The first-order chi connectivity index (χ1) is 23.5. The van der Waals surface area contributed by atoms with Crippen molar-refractivity contribution in [2.45, 2.75) is 82.6 Å². The summed E-state index contributed by atoms with van der Waals surface area (Å²) in [6.07, 6.45) is 4.73. The van der Waals surface area contributed by atoms with Gasteiger partial charge in [-0.3, -0.25) is 29.0 Å². The lowest BCUT2D eigenvalue weighted by Crippen LogP contribution is -2.59. The maximum Gasteiger partial charge on any atom is 0.253 e. The molecule has 5 amide bonds. The van der Waals surface area contributed by atoms with Gasteiger partial charge in [-0.1, -0.05) is 56.3 Å². The molecule has 12 heteroatoms. The molecule has 2 bridgehead atoms. The van der Waals surface area contributed by atoms with E-state index in [0.29, 0.717) is 25.0 Å². The summed E-state index contributed by atoms with van der Waals surface area (Å²) in [7, 11) is 0. The van der Waals surface area contributed by atoms with Crippen LogP contribution in [0, 0.1) is 5.92 Å². The van der Waals surface area contributed by atoms with Gasteiger partial charge in [0, 0.05) is 25.2 Å². The van der Waals surface area contributed by atoms with Gasteiger partial charge in [-0.15, -0.1) is 0 Å². The quantitative estimate of drug-likeness (QED) is 0.251. The lowest BCUT2D eigenvalue weighted by molar-refractivity contribution is -0.134. The van der Waals surface area contributed by atoms with Crippen LogP contribution >= 0.6 is 0 Å². The van der Waals surface area contributed by atoms with E-state index in [1.807, 2.05) is 30.3 Å². The van der Waals surface area contributed by atoms with Gasteiger partial charge in [-0.25, -0.2) is 0 Å². The molecule has 3 aliphatic rings. The van der Waals surface area contributed by atoms with Gasteiger partial charge in [0.1, 0.15) is 36.0 Å². The minimum absolute atomic E-state index is 0.133. The Morgan fingerprint density at radius 3 is 2.31 bits per heavy atom. The number of amides is 5. The summed E-state index contributed by atoms with van der Waals surface area (Å²) in [4.78, 5) is 71.5. The van der Waals surface area contributed by atoms with E-state index in [0.717, 1.165) is 11.1 Å². The van der Waals surface area contributed by atoms with E-state index < -0.39 is 47.3 Å². The van der Waals surface area contributed by atoms with E-state index in [2.05, 4.69) is 45.4 Å². The van der Waals surface area contributed by atoms with E-state index in [1.54, 1.807) is 42.6 Å². The van der Waals surface area contributed by atoms with Gasteiger partial charge in [0.05, 0.1) is 11.6 Å². The normalized spacial score (nSPS) is 23.0. The second-order valence-electron chi connectivity index (χ2n) is 13.3. The SMILES string of the molecule is CC(C)C[C@H]1COc2ccc(cc2)C[C@H](NC(=O)c2cccnc2)C(=O)N[C@H](C)C(=O)NC2(CC2)C(=O)N[C@H](Cc2ccccc2)C(=O)N1. The zero-order valence-corrected chi connectivity index (χ0v) is 28.0. The van der Waals surface area contributed by atoms with E-state index in [-0.39, 0.29) is 42.9 Å². The Morgan fingerprint density at radius 1 is 0.918 bits per heavy atom. The topological polar surface area (TPSA) is 168 Å². The third kappa shape index (κ3) is 9.65. The molecule has 0 saturated heterocycles. The maximum absolute atomic E-state index is 13.8. The zero-order valence-electron chi connectivity index (χ0n) is 28.0. The second-order valence-corrected chi connectivity index (χ2v) is 13.3. The molecule has 2 aromatic carbocycles. The number of ether oxygens (including phenoxy) is 1. The van der Waals surface area contributed by atoms with Crippen LogP contribution in [-0.4, -0.2) is 70.8 Å². The Kier molecular flexibility index (Phi) is 11.3. The number of hydrogen-bond acceptors (Lipinski definition) is 7. The highest BCUT2D eigenvalue weighted by molar-refractivity contribution is 6.00. The molecule has 2 aliphatic heterocycles. The fraction of sp³-hybridized carbons (Fsp3) is 0.405. The van der Waals surface area contributed by atoms with Gasteiger partial charge in [0.25, 0.3) is 5.91 Å². The van der Waals surface area contributed by atoms with Crippen molar-refractivity contribution in [1.29, 1.82) is 0 Å². The number of aromatic nitrogens is 1. The van der Waals surface area contributed by atoms with Crippen LogP contribution < -0.4 is 31.3 Å². The van der Waals surface area contributed by atoms with Crippen molar-refractivity contribution < 1.29 is 28.7 Å². The Bertz CT molecular complexity index is 1630. The van der Waals surface area contributed by atoms with Crippen molar-refractivity contribution in [2.24, 2.45) is 5.92 Å². The summed E-state index contributed by atoms with van der Waals surface area (Å²) in [6.45, 7) is 5.82. The van der Waals surface area contributed by atoms with E-state index in [4.69, 9.17) is 4.74 Å². The molecule has 258 valence electrons. The molecule has 0 radical (unpaired) electrons. The van der Waals surface area contributed by atoms with Crippen LogP contribution in [0.25, 0.3) is 0 Å². The highest BCUT2D eigenvalue weighted by Gasteiger charge is 2.52. The highest BCUT2D eigenvalue weighted by Crippen LogP contribution is 2.36. The van der Waals surface area contributed by atoms with Gasteiger partial charge in [-0.05, 0) is 67.5 Å². The third-order valence-electron chi connectivity index (χ3n) is 8.67. The number of pyridine rings is 1. The van der Waals surface area contributed by atoms with Crippen LogP contribution in [0.3, 0.4) is 0 Å². The number of fused-ring (bicyclic) bond motifs is 15. The number of nitrogens with zero attached hydrogens (tertiary/aromatic N) is 1. The van der Waals surface area contributed by atoms with Crippen LogP contribution in [0.1, 0.15) is 61.5 Å². The van der Waals surface area contributed by atoms with Crippen molar-refractivity contribution in [1.82, 2.24) is 31.6 Å². The van der Waals surface area contributed by atoms with Gasteiger partial charge in [0.2, 0.25) is 23.6 Å². The lowest BCUT2D eigenvalue weighted by Gasteiger charge is -2.27. The largest absolute Gasteiger partial charge is 0.491 e. The average molecular weight is 669 g/mol. The standard InChI is InChI=1S/C37H44N6O6/c1-23(2)18-28-22-49-29-13-11-26(12-14-29)20-30(41-33(45)27-10-7-17-38-21-27)34(46)39-24(3)32(44)43-37(15-16-37)36(48)42-31(35(47)40-28)19-25-8-5-4-6-9-25/h4-14,17,21,23-24,28,30-31H,15-16,18-20,22H2,1-3H3,(H,39,46)(H,40,47)(H,41,45)(H,42,48)(H,43,44)/t24-,28+,30+,31-/m1/s1. The molecule has 1 aliphatic carbocycles. The molecule has 12 nitrogen and oxygen atoms in total. The molecule has 1 saturated carbocycles. The summed E-state index contributed by atoms with van der Waals surface area (Å²) in [6, 6.07) is 16.4. The van der Waals surface area contributed by atoms with Crippen molar-refractivity contribution in [3.8, 4) is 5.75 Å². The monoisotopic (exact) mass is 668 g/mol. The van der Waals surface area contributed by atoms with Gasteiger partial charge >= 0.3 is 0 Å². The maximum atomic E-state index is 13.8. The molecule has 6 rings (SSSR count). The van der Waals surface area contributed by atoms with Crippen LogP contribution in [0.4, 0.5) is 0 Å². The van der Waals surface area contributed by atoms with Gasteiger partial charge < -0.3 is 31.3 Å². The minimum atomic E-state index is -1.21. The van der Waals surface area contributed by atoms with Crippen LogP contribution in [0.15, 0.2) is 79.1 Å². The number of carbonyl (C=O) groups excluding carboxylic acids is 5. The molecule has 4 atom stereocenters. The first-order valence-electron chi connectivity index (χ1n) is 16.7. The summed E-state index contributed by atoms with van der Waals surface area (Å²) >= 11 is 0. The summed E-state index contributed by atoms with van der Waals surface area (Å²) in [5.41, 5.74) is 0.688. The molecule has 1 fully saturated rings. The average Bonchev–Trinajstić information content (AvgIpc) is 3.87. The third-order valence-corrected chi connectivity index (χ3v) is 8.67. The summed E-state index contributed by atoms with van der Waals surface area (Å²) in [5, 5.41) is 14.3. The Morgan fingerprint density at radius 2 is 1.65 bits per heavy atom. The molecule has 3 aromatic rings. The highest BCUT2D eigenvalue weighted by atomic mass is 16.5. The van der Waals surface area contributed by atoms with E-state index in [9.17, 15) is 24.0 Å². The molecule has 49 heavy (non-hydrogen) atoms. The summed E-state index contributed by atoms with van der Waals surface area (Å²) in [5.74, 6) is -1.62. The van der Waals surface area contributed by atoms with Gasteiger partial charge in [-0.2, -0.15) is 0 Å². The molecule has 5 N–H and O–H groups in total. The van der Waals surface area contributed by atoms with Crippen LogP contribution in [0.2, 0.25) is 0 Å². The van der Waals surface area contributed by atoms with Crippen molar-refractivity contribution in [2.75, 3.05) is 6.61 Å². The number of carbonyl (C=O) groups is 5. The molecular weight excluding hydrogens is 624 g/mol. The Hall–Kier alpha value is -5.26. The number of rotatable bonds is 6. The molecule has 1 aromatic heterocycles. The van der Waals surface area contributed by atoms with E-state index >= 15 is 0 Å². The Labute approximate surface area is 286 Å². The molecular formula is C37H44N6O6. The van der Waals surface area contributed by atoms with Crippen molar-refractivity contribution >= 4 is 29.5 Å². The first-order valence-corrected chi connectivity index (χ1v) is 16.7. The number of nitrogens with one attached hydrogen (secondary N) is 5. The lowest BCUT2D eigenvalue weighted by atomic mass is 10.0. The molecule has 3 heterocycles. The molecule has 0 unspecified atom stereocenters. The predicted octanol–water partition coefficient (Wildman–Crippen LogP) is 2.23. The smallest absolute Gasteiger partial charge is 0.253 e. The number of hydrogen-bond donors (Lipinski definition) is 5. The Balaban J connectivity index is 1.42. The fourth-order valence-electron chi connectivity index (χ4n) is 5.75. The number of benzene rings is 2. The van der Waals surface area contributed by atoms with Crippen LogP contribution in [0.5, 0.6) is 5.75 Å². The van der Waals surface area contributed by atoms with E-state index in [1.165, 1.54) is 13.1 Å².